The Bertz CT molecular complexity index is 1090. The molecule has 2 atom stereocenters. The van der Waals surface area contributed by atoms with Gasteiger partial charge in [0.25, 0.3) is 0 Å². The zero-order valence-corrected chi connectivity index (χ0v) is 19.1. The first-order valence-corrected chi connectivity index (χ1v) is 11.4. The first kappa shape index (κ1) is 21.7. The number of hydrogen-bond acceptors (Lipinski definition) is 5. The molecule has 0 spiro atoms. The van der Waals surface area contributed by atoms with Crippen molar-refractivity contribution >= 4 is 17.5 Å². The van der Waals surface area contributed by atoms with Crippen LogP contribution in [0.2, 0.25) is 0 Å². The van der Waals surface area contributed by atoms with Gasteiger partial charge in [-0.15, -0.1) is 10.2 Å². The Morgan fingerprint density at radius 1 is 1.06 bits per heavy atom. The number of aromatic nitrogens is 3. The number of ketones is 1. The molecule has 0 N–H and O–H groups in total. The van der Waals surface area contributed by atoms with Crippen LogP contribution in [0.3, 0.4) is 0 Å². The second kappa shape index (κ2) is 8.93. The minimum absolute atomic E-state index is 0.00498. The number of carbonyl (C=O) groups excluding carboxylic acids is 1. The van der Waals surface area contributed by atoms with E-state index in [1.54, 1.807) is 12.1 Å². The lowest BCUT2D eigenvalue weighted by atomic mass is 10.0. The quantitative estimate of drug-likeness (QED) is 0.389. The Morgan fingerprint density at radius 3 is 2.48 bits per heavy atom. The van der Waals surface area contributed by atoms with E-state index in [4.69, 9.17) is 0 Å². The Hall–Kier alpha value is -2.51. The molecule has 1 aliphatic rings. The summed E-state index contributed by atoms with van der Waals surface area (Å²) in [4.78, 5) is 15.2. The molecule has 3 aromatic rings. The summed E-state index contributed by atoms with van der Waals surface area (Å²) >= 11 is 1.38. The molecule has 2 aromatic carbocycles. The maximum absolute atomic E-state index is 13.5. The van der Waals surface area contributed by atoms with Gasteiger partial charge < -0.3 is 0 Å². The smallest absolute Gasteiger partial charge is 0.196 e. The van der Waals surface area contributed by atoms with Crippen molar-refractivity contribution in [2.45, 2.75) is 49.6 Å². The average Bonchev–Trinajstić information content (AvgIpc) is 3.39. The topological polar surface area (TPSA) is 51.0 Å². The van der Waals surface area contributed by atoms with Gasteiger partial charge in [-0.1, -0.05) is 23.9 Å². The second-order valence-corrected chi connectivity index (χ2v) is 9.56. The summed E-state index contributed by atoms with van der Waals surface area (Å²) < 4.78 is 15.4. The molecule has 1 aromatic heterocycles. The summed E-state index contributed by atoms with van der Waals surface area (Å²) in [5.74, 6) is 0.528. The van der Waals surface area contributed by atoms with E-state index < -0.39 is 0 Å². The number of rotatable bonds is 7. The standard InChI is InChI=1S/C24H27FN4OS/c1-15(28(3)4)23-26-27-24(29(23)21-12-10-20(25)11-13-21)31-16(2)22(30)19-9-8-17-6-5-7-18(17)14-19/h8-16H,5-7H2,1-4H3/t15-,16+/m0/s1. The van der Waals surface area contributed by atoms with Gasteiger partial charge in [0.05, 0.1) is 11.3 Å². The first-order chi connectivity index (χ1) is 14.8. The number of thioether (sulfide) groups is 1. The van der Waals surface area contributed by atoms with Crippen LogP contribution in [0.25, 0.3) is 5.69 Å². The molecule has 0 aliphatic heterocycles. The van der Waals surface area contributed by atoms with Gasteiger partial charge in [-0.05, 0) is 88.7 Å². The fraction of sp³-hybridized carbons (Fsp3) is 0.375. The molecule has 0 fully saturated rings. The van der Waals surface area contributed by atoms with Gasteiger partial charge in [0.1, 0.15) is 5.82 Å². The van der Waals surface area contributed by atoms with Crippen LogP contribution in [0, 0.1) is 5.82 Å². The van der Waals surface area contributed by atoms with E-state index in [1.807, 2.05) is 49.5 Å². The molecule has 0 saturated heterocycles. The van der Waals surface area contributed by atoms with E-state index in [2.05, 4.69) is 16.3 Å². The molecule has 1 aliphatic carbocycles. The summed E-state index contributed by atoms with van der Waals surface area (Å²) in [5.41, 5.74) is 4.17. The number of hydrogen-bond donors (Lipinski definition) is 0. The molecule has 4 rings (SSSR count). The van der Waals surface area contributed by atoms with Crippen molar-refractivity contribution in [3.8, 4) is 5.69 Å². The third-order valence-corrected chi connectivity index (χ3v) is 6.97. The van der Waals surface area contributed by atoms with Gasteiger partial charge in [0.2, 0.25) is 0 Å². The largest absolute Gasteiger partial charge is 0.300 e. The Balaban J connectivity index is 1.64. The Labute approximate surface area is 186 Å². The third kappa shape index (κ3) is 4.43. The zero-order chi connectivity index (χ0) is 22.1. The van der Waals surface area contributed by atoms with Crippen LogP contribution < -0.4 is 0 Å². The van der Waals surface area contributed by atoms with Crippen molar-refractivity contribution in [3.05, 3.63) is 70.8 Å². The van der Waals surface area contributed by atoms with Gasteiger partial charge in [0, 0.05) is 11.3 Å². The summed E-state index contributed by atoms with van der Waals surface area (Å²) in [5, 5.41) is 9.10. The molecule has 0 amide bonds. The van der Waals surface area contributed by atoms with E-state index in [0.717, 1.165) is 36.3 Å². The van der Waals surface area contributed by atoms with Gasteiger partial charge in [-0.3, -0.25) is 14.3 Å². The molecule has 0 saturated carbocycles. The molecule has 0 unspecified atom stereocenters. The number of nitrogens with zero attached hydrogens (tertiary/aromatic N) is 4. The number of aryl methyl sites for hydroxylation is 2. The number of benzene rings is 2. The number of halogens is 1. The zero-order valence-electron chi connectivity index (χ0n) is 18.3. The van der Waals surface area contributed by atoms with Crippen molar-refractivity contribution in [1.82, 2.24) is 19.7 Å². The maximum Gasteiger partial charge on any atom is 0.196 e. The van der Waals surface area contributed by atoms with Crippen molar-refractivity contribution in [3.63, 3.8) is 0 Å². The maximum atomic E-state index is 13.5. The van der Waals surface area contributed by atoms with Crippen molar-refractivity contribution in [2.24, 2.45) is 0 Å². The monoisotopic (exact) mass is 438 g/mol. The minimum Gasteiger partial charge on any atom is -0.300 e. The van der Waals surface area contributed by atoms with E-state index in [9.17, 15) is 9.18 Å². The van der Waals surface area contributed by atoms with Crippen LogP contribution >= 0.6 is 11.8 Å². The molecular formula is C24H27FN4OS. The highest BCUT2D eigenvalue weighted by Crippen LogP contribution is 2.31. The molecule has 5 nitrogen and oxygen atoms in total. The lowest BCUT2D eigenvalue weighted by Crippen LogP contribution is -2.21. The minimum atomic E-state index is -0.328. The van der Waals surface area contributed by atoms with Crippen molar-refractivity contribution < 1.29 is 9.18 Å². The van der Waals surface area contributed by atoms with Gasteiger partial charge in [-0.25, -0.2) is 4.39 Å². The van der Waals surface area contributed by atoms with E-state index >= 15 is 0 Å². The van der Waals surface area contributed by atoms with Crippen LogP contribution in [0.15, 0.2) is 47.6 Å². The van der Waals surface area contributed by atoms with Gasteiger partial charge in [-0.2, -0.15) is 0 Å². The number of Topliss-reactive ketones (excluding diaryl/α,β-unsaturated/α-hetero) is 1. The molecule has 31 heavy (non-hydrogen) atoms. The normalized spacial score (nSPS) is 15.2. The van der Waals surface area contributed by atoms with Crippen LogP contribution in [-0.4, -0.2) is 44.8 Å². The van der Waals surface area contributed by atoms with E-state index in [-0.39, 0.29) is 22.9 Å². The fourth-order valence-corrected chi connectivity index (χ4v) is 4.82. The predicted octanol–water partition coefficient (Wildman–Crippen LogP) is 4.88. The number of carbonyl (C=O) groups is 1. The Kier molecular flexibility index (Phi) is 6.25. The molecule has 0 bridgehead atoms. The molecule has 162 valence electrons. The summed E-state index contributed by atoms with van der Waals surface area (Å²) in [6.07, 6.45) is 3.30. The fourth-order valence-electron chi connectivity index (χ4n) is 3.86. The molecule has 1 heterocycles. The lowest BCUT2D eigenvalue weighted by molar-refractivity contribution is 0.0993. The molecular weight excluding hydrogens is 411 g/mol. The SMILES string of the molecule is C[C@@H](Sc1nnc([C@H](C)N(C)C)n1-c1ccc(F)cc1)C(=O)c1ccc2c(c1)CCC2. The van der Waals surface area contributed by atoms with Crippen LogP contribution in [0.4, 0.5) is 4.39 Å². The van der Waals surface area contributed by atoms with E-state index in [1.165, 1.54) is 35.0 Å². The highest BCUT2D eigenvalue weighted by Gasteiger charge is 2.25. The Morgan fingerprint density at radius 2 is 1.77 bits per heavy atom. The summed E-state index contributed by atoms with van der Waals surface area (Å²) in [6, 6.07) is 12.3. The van der Waals surface area contributed by atoms with Crippen LogP contribution in [0.5, 0.6) is 0 Å². The summed E-state index contributed by atoms with van der Waals surface area (Å²) in [7, 11) is 3.95. The third-order valence-electron chi connectivity index (χ3n) is 5.93. The van der Waals surface area contributed by atoms with E-state index in [0.29, 0.717) is 5.16 Å². The molecule has 7 heteroatoms. The highest BCUT2D eigenvalue weighted by molar-refractivity contribution is 8.00. The van der Waals surface area contributed by atoms with Crippen molar-refractivity contribution in [2.75, 3.05) is 14.1 Å². The average molecular weight is 439 g/mol. The molecule has 0 radical (unpaired) electrons. The first-order valence-electron chi connectivity index (χ1n) is 10.6. The van der Waals surface area contributed by atoms with Gasteiger partial charge >= 0.3 is 0 Å². The second-order valence-electron chi connectivity index (χ2n) is 8.25. The van der Waals surface area contributed by atoms with Crippen LogP contribution in [-0.2, 0) is 12.8 Å². The highest BCUT2D eigenvalue weighted by atomic mass is 32.2. The van der Waals surface area contributed by atoms with Crippen LogP contribution in [0.1, 0.15) is 53.6 Å². The van der Waals surface area contributed by atoms with Crippen molar-refractivity contribution in [1.29, 1.82) is 0 Å². The summed E-state index contributed by atoms with van der Waals surface area (Å²) in [6.45, 7) is 3.94. The van der Waals surface area contributed by atoms with Gasteiger partial charge in [0.15, 0.2) is 16.8 Å². The number of fused-ring (bicyclic) bond motifs is 1. The predicted molar refractivity (Wildman–Crippen MR) is 122 cm³/mol. The lowest BCUT2D eigenvalue weighted by Gasteiger charge is -2.21.